The first-order chi connectivity index (χ1) is 26.5. The van der Waals surface area contributed by atoms with E-state index in [0.717, 1.165) is 95.0 Å². The quantitative estimate of drug-likeness (QED) is 0.0197. The van der Waals surface area contributed by atoms with Gasteiger partial charge in [-0.2, -0.15) is 0 Å². The zero-order valence-corrected chi connectivity index (χ0v) is 35.4. The lowest BCUT2D eigenvalue weighted by Gasteiger charge is -2.19. The van der Waals surface area contributed by atoms with Gasteiger partial charge in [-0.1, -0.05) is 115 Å². The van der Waals surface area contributed by atoms with E-state index in [1.807, 2.05) is 18.2 Å². The van der Waals surface area contributed by atoms with Gasteiger partial charge < -0.3 is 29.6 Å². The summed E-state index contributed by atoms with van der Waals surface area (Å²) in [5.74, 6) is 1.32. The number of unbranched alkanes of at least 4 members (excludes halogenated alkanes) is 11. The Kier molecular flexibility index (Phi) is 29.9. The van der Waals surface area contributed by atoms with Crippen molar-refractivity contribution in [1.29, 1.82) is 0 Å². The predicted octanol–water partition coefficient (Wildman–Crippen LogP) is 10.0. The van der Waals surface area contributed by atoms with Gasteiger partial charge in [0, 0.05) is 32.2 Å². The maximum atomic E-state index is 12.6. The summed E-state index contributed by atoms with van der Waals surface area (Å²) in [7, 11) is -4.42. The van der Waals surface area contributed by atoms with Gasteiger partial charge in [0.1, 0.15) is 18.1 Å². The van der Waals surface area contributed by atoms with Crippen molar-refractivity contribution >= 4 is 19.8 Å². The van der Waals surface area contributed by atoms with Crippen molar-refractivity contribution in [1.82, 2.24) is 0 Å². The molecule has 1 aromatic heterocycles. The second kappa shape index (κ2) is 32.5. The van der Waals surface area contributed by atoms with Gasteiger partial charge in [0.05, 0.1) is 19.3 Å². The molecule has 0 bridgehead atoms. The lowest BCUT2D eigenvalue weighted by Crippen LogP contribution is -2.29. The van der Waals surface area contributed by atoms with Crippen LogP contribution < -0.4 is 5.73 Å². The van der Waals surface area contributed by atoms with E-state index in [-0.39, 0.29) is 32.6 Å². The first kappa shape index (κ1) is 50.5. The Morgan fingerprint density at radius 1 is 0.764 bits per heavy atom. The molecule has 0 fully saturated rings. The molecular formula is C43H74NO10P. The minimum Gasteiger partial charge on any atom is -0.466 e. The highest BCUT2D eigenvalue weighted by Crippen LogP contribution is 2.43. The summed E-state index contributed by atoms with van der Waals surface area (Å²) in [4.78, 5) is 35.0. The van der Waals surface area contributed by atoms with Gasteiger partial charge in [-0.25, -0.2) is 4.57 Å². The van der Waals surface area contributed by atoms with Crippen LogP contribution in [0.1, 0.15) is 158 Å². The highest BCUT2D eigenvalue weighted by molar-refractivity contribution is 7.47. The number of aliphatic hydroxyl groups is 1. The number of hydrogen-bond donors (Lipinski definition) is 3. The van der Waals surface area contributed by atoms with Crippen molar-refractivity contribution in [2.75, 3.05) is 26.4 Å². The predicted molar refractivity (Wildman–Crippen MR) is 220 cm³/mol. The van der Waals surface area contributed by atoms with Crippen LogP contribution in [0.2, 0.25) is 0 Å². The van der Waals surface area contributed by atoms with E-state index in [4.69, 9.17) is 28.7 Å². The second-order valence-electron chi connectivity index (χ2n) is 14.3. The number of aryl methyl sites for hydroxylation is 2. The lowest BCUT2D eigenvalue weighted by molar-refractivity contribution is -0.161. The van der Waals surface area contributed by atoms with Gasteiger partial charge in [0.25, 0.3) is 0 Å². The van der Waals surface area contributed by atoms with Crippen LogP contribution in [-0.4, -0.2) is 60.5 Å². The maximum Gasteiger partial charge on any atom is 0.472 e. The molecule has 316 valence electrons. The fourth-order valence-electron chi connectivity index (χ4n) is 5.94. The number of ether oxygens (including phenoxy) is 2. The van der Waals surface area contributed by atoms with Gasteiger partial charge in [0.2, 0.25) is 0 Å². The summed E-state index contributed by atoms with van der Waals surface area (Å²) in [6.07, 6.45) is 28.9. The minimum atomic E-state index is -4.42. The maximum absolute atomic E-state index is 12.6. The Labute approximate surface area is 332 Å². The fraction of sp³-hybridized carbons (Fsp3) is 0.721. The third-order valence-corrected chi connectivity index (χ3v) is 10.3. The summed E-state index contributed by atoms with van der Waals surface area (Å²) < 4.78 is 38.9. The fourth-order valence-corrected chi connectivity index (χ4v) is 6.70. The summed E-state index contributed by atoms with van der Waals surface area (Å²) in [6, 6.07) is 0. The Morgan fingerprint density at radius 3 is 2.00 bits per heavy atom. The molecule has 0 aliphatic rings. The van der Waals surface area contributed by atoms with Gasteiger partial charge in [0.15, 0.2) is 6.10 Å². The zero-order valence-electron chi connectivity index (χ0n) is 34.5. The zero-order chi connectivity index (χ0) is 40.6. The molecule has 1 rings (SSSR count). The van der Waals surface area contributed by atoms with E-state index in [0.29, 0.717) is 19.3 Å². The van der Waals surface area contributed by atoms with Crippen LogP contribution >= 0.6 is 7.82 Å². The number of phosphoric acid groups is 1. The summed E-state index contributed by atoms with van der Waals surface area (Å²) in [6.45, 7) is 7.71. The molecule has 0 saturated heterocycles. The highest BCUT2D eigenvalue weighted by Gasteiger charge is 2.26. The molecule has 11 nitrogen and oxygen atoms in total. The van der Waals surface area contributed by atoms with Crippen LogP contribution in [0, 0.1) is 13.8 Å². The highest BCUT2D eigenvalue weighted by atomic mass is 31.2. The van der Waals surface area contributed by atoms with Gasteiger partial charge in [-0.3, -0.25) is 18.6 Å². The Morgan fingerprint density at radius 2 is 1.36 bits per heavy atom. The van der Waals surface area contributed by atoms with Crippen molar-refractivity contribution in [2.24, 2.45) is 5.73 Å². The van der Waals surface area contributed by atoms with Gasteiger partial charge in [-0.05, 0) is 69.9 Å². The van der Waals surface area contributed by atoms with E-state index in [2.05, 4.69) is 39.8 Å². The molecule has 12 heteroatoms. The third kappa shape index (κ3) is 26.9. The molecule has 3 atom stereocenters. The normalized spacial score (nSPS) is 14.2. The van der Waals surface area contributed by atoms with E-state index in [9.17, 15) is 24.2 Å². The number of carbonyl (C=O) groups excluding carboxylic acids is 2. The van der Waals surface area contributed by atoms with Crippen molar-refractivity contribution < 1.29 is 47.1 Å². The van der Waals surface area contributed by atoms with E-state index in [1.165, 1.54) is 30.4 Å². The monoisotopic (exact) mass is 796 g/mol. The van der Waals surface area contributed by atoms with Crippen LogP contribution in [0.5, 0.6) is 0 Å². The van der Waals surface area contributed by atoms with E-state index < -0.39 is 38.6 Å². The first-order valence-electron chi connectivity index (χ1n) is 20.9. The summed E-state index contributed by atoms with van der Waals surface area (Å²) in [5, 5.41) is 10.1. The van der Waals surface area contributed by atoms with E-state index >= 15 is 0 Å². The number of furan rings is 1. The Hall–Kier alpha value is -2.53. The topological polar surface area (TPSA) is 168 Å². The number of nitrogens with two attached hydrogens (primary N) is 1. The van der Waals surface area contributed by atoms with Gasteiger partial charge >= 0.3 is 19.8 Å². The van der Waals surface area contributed by atoms with Crippen molar-refractivity contribution in [3.05, 3.63) is 59.1 Å². The molecule has 0 amide bonds. The lowest BCUT2D eigenvalue weighted by atomic mass is 10.0. The third-order valence-electron chi connectivity index (χ3n) is 9.35. The average molecular weight is 796 g/mol. The number of hydrogen-bond acceptors (Lipinski definition) is 10. The smallest absolute Gasteiger partial charge is 0.466 e. The Balaban J connectivity index is 2.34. The second-order valence-corrected chi connectivity index (χ2v) is 15.7. The molecule has 1 aromatic rings. The molecule has 4 N–H and O–H groups in total. The van der Waals surface area contributed by atoms with E-state index in [1.54, 1.807) is 6.08 Å². The number of aliphatic hydroxyl groups excluding tert-OH is 1. The average Bonchev–Trinajstić information content (AvgIpc) is 3.43. The Bertz CT molecular complexity index is 1290. The van der Waals surface area contributed by atoms with Crippen LogP contribution in [0.15, 0.2) is 40.9 Å². The van der Waals surface area contributed by atoms with Crippen molar-refractivity contribution in [3.63, 3.8) is 0 Å². The van der Waals surface area contributed by atoms with Crippen molar-refractivity contribution in [2.45, 2.75) is 175 Å². The number of rotatable bonds is 35. The van der Waals surface area contributed by atoms with Crippen molar-refractivity contribution in [3.8, 4) is 0 Å². The van der Waals surface area contributed by atoms with Crippen LogP contribution in [0.3, 0.4) is 0 Å². The first-order valence-corrected chi connectivity index (χ1v) is 22.4. The number of allylic oxidation sites excluding steroid dienone is 5. The molecule has 0 saturated carbocycles. The molecule has 0 aliphatic heterocycles. The SMILES string of the molecule is CC/C=C/C/C=C/C=C/C(O)CCCCCCCC(=O)O[C@H](COC(=O)CCCCCCCCc1oc(CCCCC)c(C)c1C)COP(=O)(O)OCCN. The largest absolute Gasteiger partial charge is 0.472 e. The molecule has 0 aliphatic carbocycles. The molecule has 55 heavy (non-hydrogen) atoms. The molecule has 2 unspecified atom stereocenters. The van der Waals surface area contributed by atoms with Crippen LogP contribution in [-0.2, 0) is 45.5 Å². The minimum absolute atomic E-state index is 0.0287. The number of carbonyl (C=O) groups is 2. The molecular weight excluding hydrogens is 721 g/mol. The molecule has 0 radical (unpaired) electrons. The summed E-state index contributed by atoms with van der Waals surface area (Å²) >= 11 is 0. The molecule has 1 heterocycles. The van der Waals surface area contributed by atoms with Crippen LogP contribution in [0.25, 0.3) is 0 Å². The number of phosphoric ester groups is 1. The van der Waals surface area contributed by atoms with Crippen LogP contribution in [0.4, 0.5) is 0 Å². The number of esters is 2. The molecule has 0 spiro atoms. The summed E-state index contributed by atoms with van der Waals surface area (Å²) in [5.41, 5.74) is 7.93. The van der Waals surface area contributed by atoms with Gasteiger partial charge in [-0.15, -0.1) is 0 Å². The molecule has 0 aromatic carbocycles. The standard InChI is InChI=1S/C43H74NO10P/c1-5-7-9-10-11-15-21-26-38(45)27-22-16-14-19-25-31-43(47)53-39(35-52-55(48,49)51-33-32-44)34-50-42(46)30-24-18-13-12-17-23-29-41-37(4)36(3)40(54-41)28-20-8-6-2/h7,9,11,15,21,26,38-39,45H,5-6,8,10,12-14,16-20,22-25,27-35,44H2,1-4H3,(H,48,49)/b9-7+,15-11+,26-21+/t38?,39-/m1/s1.